The van der Waals surface area contributed by atoms with Crippen LogP contribution in [0.1, 0.15) is 44.6 Å². The van der Waals surface area contributed by atoms with Gasteiger partial charge in [-0.2, -0.15) is 0 Å². The third kappa shape index (κ3) is 4.68. The van der Waals surface area contributed by atoms with Crippen LogP contribution in [0.5, 0.6) is 5.75 Å². The number of benzene rings is 1. The molecule has 2 nitrogen and oxygen atoms in total. The van der Waals surface area contributed by atoms with Gasteiger partial charge in [-0.25, -0.2) is 0 Å². The van der Waals surface area contributed by atoms with Gasteiger partial charge >= 0.3 is 0 Å². The Bertz CT molecular complexity index is 439. The minimum atomic E-state index is 0.538. The number of rotatable bonds is 7. The standard InChI is InChI=1S/C18H27NO/c1-3-19-17(12-15-8-5-4-6-9-15)13-16-10-7-11-18(14-16)20-2/h7-8,10-11,14,17,19H,3-6,9,12-13H2,1-2H3. The SMILES string of the molecule is CCNC(CC1=CCCCC1)Cc1cccc(OC)c1. The van der Waals surface area contributed by atoms with Crippen LogP contribution >= 0.6 is 0 Å². The predicted molar refractivity (Wildman–Crippen MR) is 85.3 cm³/mol. The first-order valence-electron chi connectivity index (χ1n) is 7.86. The second kappa shape index (κ2) is 8.11. The largest absolute Gasteiger partial charge is 0.497 e. The lowest BCUT2D eigenvalue weighted by atomic mass is 9.92. The lowest BCUT2D eigenvalue weighted by molar-refractivity contribution is 0.413. The summed E-state index contributed by atoms with van der Waals surface area (Å²) in [5.74, 6) is 0.953. The third-order valence-corrected chi connectivity index (χ3v) is 4.00. The fourth-order valence-electron chi connectivity index (χ4n) is 3.00. The molecule has 110 valence electrons. The van der Waals surface area contributed by atoms with Crippen molar-refractivity contribution in [1.29, 1.82) is 0 Å². The minimum absolute atomic E-state index is 0.538. The highest BCUT2D eigenvalue weighted by Crippen LogP contribution is 2.23. The number of methoxy groups -OCH3 is 1. The highest BCUT2D eigenvalue weighted by atomic mass is 16.5. The zero-order valence-corrected chi connectivity index (χ0v) is 12.8. The zero-order valence-electron chi connectivity index (χ0n) is 12.8. The molecular weight excluding hydrogens is 246 g/mol. The van der Waals surface area contributed by atoms with Gasteiger partial charge in [0.15, 0.2) is 0 Å². The molecule has 1 aromatic carbocycles. The first kappa shape index (κ1) is 15.1. The molecule has 0 aromatic heterocycles. The third-order valence-electron chi connectivity index (χ3n) is 4.00. The Hall–Kier alpha value is -1.28. The molecule has 20 heavy (non-hydrogen) atoms. The van der Waals surface area contributed by atoms with E-state index in [-0.39, 0.29) is 0 Å². The van der Waals surface area contributed by atoms with E-state index in [1.165, 1.54) is 37.7 Å². The quantitative estimate of drug-likeness (QED) is 0.755. The molecule has 1 aromatic rings. The van der Waals surface area contributed by atoms with Crippen molar-refractivity contribution >= 4 is 0 Å². The van der Waals surface area contributed by atoms with Crippen LogP contribution in [0.4, 0.5) is 0 Å². The van der Waals surface area contributed by atoms with Crippen LogP contribution in [-0.4, -0.2) is 19.7 Å². The molecule has 0 heterocycles. The molecule has 2 rings (SSSR count). The first-order valence-corrected chi connectivity index (χ1v) is 7.86. The molecule has 0 amide bonds. The van der Waals surface area contributed by atoms with Gasteiger partial charge < -0.3 is 10.1 Å². The Morgan fingerprint density at radius 3 is 2.85 bits per heavy atom. The van der Waals surface area contributed by atoms with Crippen LogP contribution in [0.25, 0.3) is 0 Å². The number of ether oxygens (including phenoxy) is 1. The van der Waals surface area contributed by atoms with Crippen LogP contribution in [0.15, 0.2) is 35.9 Å². The van der Waals surface area contributed by atoms with E-state index in [0.29, 0.717) is 6.04 Å². The fraction of sp³-hybridized carbons (Fsp3) is 0.556. The number of hydrogen-bond acceptors (Lipinski definition) is 2. The Morgan fingerprint density at radius 1 is 1.25 bits per heavy atom. The zero-order chi connectivity index (χ0) is 14.2. The average molecular weight is 273 g/mol. The lowest BCUT2D eigenvalue weighted by Crippen LogP contribution is -2.31. The van der Waals surface area contributed by atoms with E-state index >= 15 is 0 Å². The molecule has 1 atom stereocenters. The molecule has 0 saturated carbocycles. The topological polar surface area (TPSA) is 21.3 Å². The Balaban J connectivity index is 1.98. The molecule has 2 heteroatoms. The molecule has 0 aliphatic heterocycles. The van der Waals surface area contributed by atoms with Gasteiger partial charge in [0.25, 0.3) is 0 Å². The van der Waals surface area contributed by atoms with Crippen LogP contribution in [-0.2, 0) is 6.42 Å². The van der Waals surface area contributed by atoms with Gasteiger partial charge in [-0.05, 0) is 62.8 Å². The van der Waals surface area contributed by atoms with E-state index < -0.39 is 0 Å². The van der Waals surface area contributed by atoms with Crippen molar-refractivity contribution in [1.82, 2.24) is 5.32 Å². The summed E-state index contributed by atoms with van der Waals surface area (Å²) in [6, 6.07) is 8.98. The van der Waals surface area contributed by atoms with Crippen molar-refractivity contribution in [2.24, 2.45) is 0 Å². The Morgan fingerprint density at radius 2 is 2.15 bits per heavy atom. The fourth-order valence-corrected chi connectivity index (χ4v) is 3.00. The first-order chi connectivity index (χ1) is 9.81. The summed E-state index contributed by atoms with van der Waals surface area (Å²) in [6.07, 6.45) is 10.0. The molecule has 0 spiro atoms. The molecular formula is C18H27NO. The smallest absolute Gasteiger partial charge is 0.119 e. The number of likely N-dealkylation sites (N-methyl/N-ethyl adjacent to an activating group) is 1. The van der Waals surface area contributed by atoms with E-state index in [0.717, 1.165) is 18.7 Å². The number of allylic oxidation sites excluding steroid dienone is 1. The van der Waals surface area contributed by atoms with Crippen LogP contribution < -0.4 is 10.1 Å². The maximum Gasteiger partial charge on any atom is 0.119 e. The Labute approximate surface area is 123 Å². The number of nitrogens with one attached hydrogen (secondary N) is 1. The highest BCUT2D eigenvalue weighted by molar-refractivity contribution is 5.29. The second-order valence-electron chi connectivity index (χ2n) is 5.62. The van der Waals surface area contributed by atoms with E-state index in [4.69, 9.17) is 4.74 Å². The minimum Gasteiger partial charge on any atom is -0.497 e. The van der Waals surface area contributed by atoms with Crippen molar-refractivity contribution in [3.8, 4) is 5.75 Å². The van der Waals surface area contributed by atoms with Gasteiger partial charge in [0.05, 0.1) is 7.11 Å². The summed E-state index contributed by atoms with van der Waals surface area (Å²) in [7, 11) is 1.73. The molecule has 1 unspecified atom stereocenters. The second-order valence-corrected chi connectivity index (χ2v) is 5.62. The molecule has 0 fully saturated rings. The lowest BCUT2D eigenvalue weighted by Gasteiger charge is -2.22. The molecule has 1 N–H and O–H groups in total. The average Bonchev–Trinajstić information content (AvgIpc) is 2.49. The summed E-state index contributed by atoms with van der Waals surface area (Å²) in [5.41, 5.74) is 3.00. The van der Waals surface area contributed by atoms with E-state index in [9.17, 15) is 0 Å². The summed E-state index contributed by atoms with van der Waals surface area (Å²) in [5, 5.41) is 3.63. The van der Waals surface area contributed by atoms with Crippen molar-refractivity contribution in [3.05, 3.63) is 41.5 Å². The van der Waals surface area contributed by atoms with Crippen molar-refractivity contribution in [2.45, 2.75) is 51.5 Å². The van der Waals surface area contributed by atoms with E-state index in [2.05, 4.69) is 36.5 Å². The normalized spacial score (nSPS) is 16.6. The van der Waals surface area contributed by atoms with Gasteiger partial charge in [0, 0.05) is 6.04 Å². The molecule has 1 aliphatic carbocycles. The van der Waals surface area contributed by atoms with Crippen LogP contribution in [0.2, 0.25) is 0 Å². The maximum absolute atomic E-state index is 5.31. The van der Waals surface area contributed by atoms with E-state index in [1.54, 1.807) is 12.7 Å². The summed E-state index contributed by atoms with van der Waals surface area (Å²) < 4.78 is 5.31. The van der Waals surface area contributed by atoms with Gasteiger partial charge in [-0.15, -0.1) is 0 Å². The molecule has 0 radical (unpaired) electrons. The molecule has 0 bridgehead atoms. The van der Waals surface area contributed by atoms with Gasteiger partial charge in [0.1, 0.15) is 5.75 Å². The predicted octanol–water partition coefficient (Wildman–Crippen LogP) is 4.11. The highest BCUT2D eigenvalue weighted by Gasteiger charge is 2.13. The monoisotopic (exact) mass is 273 g/mol. The van der Waals surface area contributed by atoms with Gasteiger partial charge in [-0.3, -0.25) is 0 Å². The van der Waals surface area contributed by atoms with E-state index in [1.807, 2.05) is 6.07 Å². The van der Waals surface area contributed by atoms with Gasteiger partial charge in [0.2, 0.25) is 0 Å². The van der Waals surface area contributed by atoms with Crippen molar-refractivity contribution < 1.29 is 4.74 Å². The number of hydrogen-bond donors (Lipinski definition) is 1. The molecule has 1 aliphatic rings. The van der Waals surface area contributed by atoms with Crippen molar-refractivity contribution in [3.63, 3.8) is 0 Å². The summed E-state index contributed by atoms with van der Waals surface area (Å²) in [6.45, 7) is 3.22. The van der Waals surface area contributed by atoms with Crippen molar-refractivity contribution in [2.75, 3.05) is 13.7 Å². The molecule has 0 saturated heterocycles. The summed E-state index contributed by atoms with van der Waals surface area (Å²) >= 11 is 0. The van der Waals surface area contributed by atoms with Crippen LogP contribution in [0, 0.1) is 0 Å². The Kier molecular flexibility index (Phi) is 6.13. The van der Waals surface area contributed by atoms with Gasteiger partial charge in [-0.1, -0.05) is 30.7 Å². The van der Waals surface area contributed by atoms with Crippen LogP contribution in [0.3, 0.4) is 0 Å². The summed E-state index contributed by atoms with van der Waals surface area (Å²) in [4.78, 5) is 0. The maximum atomic E-state index is 5.31.